The van der Waals surface area contributed by atoms with Crippen LogP contribution in [0.2, 0.25) is 0 Å². The first kappa shape index (κ1) is 15.7. The summed E-state index contributed by atoms with van der Waals surface area (Å²) in [5.74, 6) is 1.28. The molecule has 4 atom stereocenters. The maximum Gasteiger partial charge on any atom is 0.252 e. The lowest BCUT2D eigenvalue weighted by molar-refractivity contribution is -0.121. The van der Waals surface area contributed by atoms with Crippen LogP contribution in [0.25, 0.3) is 10.8 Å². The molecule has 2 aromatic rings. The molecule has 7 heteroatoms. The van der Waals surface area contributed by atoms with Crippen LogP contribution in [0.3, 0.4) is 0 Å². The number of rotatable bonds is 5. The van der Waals surface area contributed by atoms with E-state index in [0.29, 0.717) is 35.6 Å². The van der Waals surface area contributed by atoms with Crippen molar-refractivity contribution < 1.29 is 19.1 Å². The largest absolute Gasteiger partial charge is 0.496 e. The molecule has 2 aliphatic rings. The van der Waals surface area contributed by atoms with Crippen LogP contribution in [-0.2, 0) is 4.79 Å². The van der Waals surface area contributed by atoms with E-state index in [9.17, 15) is 9.59 Å². The van der Waals surface area contributed by atoms with Gasteiger partial charge in [-0.15, -0.1) is 0 Å². The van der Waals surface area contributed by atoms with E-state index in [1.807, 2.05) is 0 Å². The number of carbonyl (C=O) groups is 2. The Balaban J connectivity index is 1.61. The summed E-state index contributed by atoms with van der Waals surface area (Å²) in [6.45, 7) is 2.46. The number of piperidine rings is 1. The predicted molar refractivity (Wildman–Crippen MR) is 90.4 cm³/mol. The van der Waals surface area contributed by atoms with Crippen molar-refractivity contribution in [3.8, 4) is 11.6 Å². The standard InChI is InChI=1S/C18H19N3O4/c1-8-14-12(21-17(23)15(8)14)7-25-18-10-6-13(24-2)11(16(19)22)5-9(10)3-4-20-18/h3-6,8,12,14-15H,7H2,1-2H3,(H2,19,22)(H,21,23)/t8?,12-,14-,15-/m1/s1. The lowest BCUT2D eigenvalue weighted by Crippen LogP contribution is -2.36. The third-order valence-electron chi connectivity index (χ3n) is 5.26. The van der Waals surface area contributed by atoms with Gasteiger partial charge >= 0.3 is 0 Å². The minimum Gasteiger partial charge on any atom is -0.496 e. The van der Waals surface area contributed by atoms with Crippen LogP contribution in [0.15, 0.2) is 24.4 Å². The number of fused-ring (bicyclic) bond motifs is 2. The first-order valence-corrected chi connectivity index (χ1v) is 8.21. The number of amides is 2. The van der Waals surface area contributed by atoms with Gasteiger partial charge in [0.15, 0.2) is 0 Å². The summed E-state index contributed by atoms with van der Waals surface area (Å²) in [5, 5.41) is 4.49. The molecule has 25 heavy (non-hydrogen) atoms. The zero-order chi connectivity index (χ0) is 17.7. The highest BCUT2D eigenvalue weighted by molar-refractivity contribution is 6.01. The third kappa shape index (κ3) is 2.47. The molecule has 1 saturated carbocycles. The molecule has 1 aromatic carbocycles. The number of aromatic nitrogens is 1. The number of carbonyl (C=O) groups excluding carboxylic acids is 2. The molecular weight excluding hydrogens is 322 g/mol. The van der Waals surface area contributed by atoms with E-state index in [2.05, 4.69) is 17.2 Å². The van der Waals surface area contributed by atoms with Crippen molar-refractivity contribution >= 4 is 22.6 Å². The van der Waals surface area contributed by atoms with Gasteiger partial charge in [0.05, 0.1) is 18.7 Å². The van der Waals surface area contributed by atoms with Crippen molar-refractivity contribution in [3.05, 3.63) is 30.0 Å². The van der Waals surface area contributed by atoms with Crippen molar-refractivity contribution in [1.29, 1.82) is 0 Å². The highest BCUT2D eigenvalue weighted by atomic mass is 16.5. The van der Waals surface area contributed by atoms with Gasteiger partial charge < -0.3 is 20.5 Å². The molecule has 3 N–H and O–H groups in total. The average Bonchev–Trinajstić information content (AvgIpc) is 3.15. The Morgan fingerprint density at radius 3 is 2.84 bits per heavy atom. The van der Waals surface area contributed by atoms with Gasteiger partial charge in [0, 0.05) is 17.5 Å². The Morgan fingerprint density at radius 1 is 1.40 bits per heavy atom. The molecule has 0 radical (unpaired) electrons. The number of benzene rings is 1. The van der Waals surface area contributed by atoms with Gasteiger partial charge in [-0.2, -0.15) is 0 Å². The van der Waals surface area contributed by atoms with E-state index in [1.54, 1.807) is 24.4 Å². The van der Waals surface area contributed by atoms with Crippen LogP contribution in [-0.4, -0.2) is 36.6 Å². The Labute approximate surface area is 144 Å². The summed E-state index contributed by atoms with van der Waals surface area (Å²) in [6.07, 6.45) is 1.62. The van der Waals surface area contributed by atoms with Crippen LogP contribution in [0.5, 0.6) is 11.6 Å². The summed E-state index contributed by atoms with van der Waals surface area (Å²) in [7, 11) is 1.48. The molecule has 1 unspecified atom stereocenters. The highest BCUT2D eigenvalue weighted by Crippen LogP contribution is 2.52. The van der Waals surface area contributed by atoms with E-state index in [-0.39, 0.29) is 17.9 Å². The minimum absolute atomic E-state index is 0.0105. The SMILES string of the molecule is COc1cc2c(OC[C@H]3NC(=O)[C@@H]4C(C)[C@@H]43)nccc2cc1C(N)=O. The van der Waals surface area contributed by atoms with Crippen LogP contribution < -0.4 is 20.5 Å². The second-order valence-electron chi connectivity index (χ2n) is 6.64. The number of nitrogens with two attached hydrogens (primary N) is 1. The Morgan fingerprint density at radius 2 is 2.20 bits per heavy atom. The van der Waals surface area contributed by atoms with Gasteiger partial charge in [-0.1, -0.05) is 6.92 Å². The lowest BCUT2D eigenvalue weighted by Gasteiger charge is -2.16. The first-order valence-electron chi connectivity index (χ1n) is 8.21. The van der Waals surface area contributed by atoms with E-state index in [4.69, 9.17) is 15.2 Å². The van der Waals surface area contributed by atoms with E-state index in [1.165, 1.54) is 7.11 Å². The monoisotopic (exact) mass is 341 g/mol. The summed E-state index contributed by atoms with van der Waals surface area (Å²) in [6, 6.07) is 5.16. The fourth-order valence-corrected chi connectivity index (χ4v) is 3.87. The number of hydrogen-bond acceptors (Lipinski definition) is 5. The Bertz CT molecular complexity index is 882. The summed E-state index contributed by atoms with van der Waals surface area (Å²) in [4.78, 5) is 27.7. The smallest absolute Gasteiger partial charge is 0.252 e. The quantitative estimate of drug-likeness (QED) is 0.848. The second kappa shape index (κ2) is 5.61. The molecular formula is C18H19N3O4. The van der Waals surface area contributed by atoms with Crippen molar-refractivity contribution in [2.75, 3.05) is 13.7 Å². The third-order valence-corrected chi connectivity index (χ3v) is 5.26. The van der Waals surface area contributed by atoms with Crippen LogP contribution in [0.4, 0.5) is 0 Å². The van der Waals surface area contributed by atoms with Gasteiger partial charge in [0.2, 0.25) is 11.8 Å². The van der Waals surface area contributed by atoms with Gasteiger partial charge in [-0.3, -0.25) is 9.59 Å². The molecule has 0 bridgehead atoms. The molecule has 7 nitrogen and oxygen atoms in total. The zero-order valence-corrected chi connectivity index (χ0v) is 14.0. The van der Waals surface area contributed by atoms with Crippen LogP contribution in [0.1, 0.15) is 17.3 Å². The molecule has 130 valence electrons. The van der Waals surface area contributed by atoms with Gasteiger partial charge in [0.1, 0.15) is 12.4 Å². The van der Waals surface area contributed by atoms with Crippen molar-refractivity contribution in [2.45, 2.75) is 13.0 Å². The number of nitrogens with one attached hydrogen (secondary N) is 1. The molecule has 2 amide bonds. The predicted octanol–water partition coefficient (Wildman–Crippen LogP) is 1.10. The molecule has 1 aliphatic carbocycles. The average molecular weight is 341 g/mol. The topological polar surface area (TPSA) is 104 Å². The minimum atomic E-state index is -0.555. The molecule has 1 aliphatic heterocycles. The van der Waals surface area contributed by atoms with Crippen LogP contribution in [0, 0.1) is 17.8 Å². The maximum atomic E-state index is 11.8. The fraction of sp³-hybridized carbons (Fsp3) is 0.389. The first-order chi connectivity index (χ1) is 12.0. The van der Waals surface area contributed by atoms with Crippen molar-refractivity contribution in [1.82, 2.24) is 10.3 Å². The zero-order valence-electron chi connectivity index (χ0n) is 14.0. The molecule has 1 saturated heterocycles. The summed E-state index contributed by atoms with van der Waals surface area (Å²) in [5.41, 5.74) is 5.71. The molecule has 2 heterocycles. The van der Waals surface area contributed by atoms with E-state index < -0.39 is 5.91 Å². The number of nitrogens with zero attached hydrogens (tertiary/aromatic N) is 1. The van der Waals surface area contributed by atoms with Gasteiger partial charge in [-0.05, 0) is 35.4 Å². The highest BCUT2D eigenvalue weighted by Gasteiger charge is 2.61. The number of ether oxygens (including phenoxy) is 2. The number of primary amides is 1. The maximum absolute atomic E-state index is 11.8. The number of pyridine rings is 1. The second-order valence-corrected chi connectivity index (χ2v) is 6.64. The van der Waals surface area contributed by atoms with Crippen molar-refractivity contribution in [2.24, 2.45) is 23.5 Å². The Kier molecular flexibility index (Phi) is 3.52. The Hall–Kier alpha value is -2.83. The number of hydrogen-bond donors (Lipinski definition) is 2. The van der Waals surface area contributed by atoms with Gasteiger partial charge in [0.25, 0.3) is 5.91 Å². The molecule has 2 fully saturated rings. The van der Waals surface area contributed by atoms with Crippen LogP contribution >= 0.6 is 0 Å². The summed E-state index contributed by atoms with van der Waals surface area (Å²) >= 11 is 0. The van der Waals surface area contributed by atoms with Gasteiger partial charge in [-0.25, -0.2) is 4.98 Å². The molecule has 1 aromatic heterocycles. The summed E-state index contributed by atoms with van der Waals surface area (Å²) < 4.78 is 11.2. The van der Waals surface area contributed by atoms with Crippen molar-refractivity contribution in [3.63, 3.8) is 0 Å². The fourth-order valence-electron chi connectivity index (χ4n) is 3.87. The number of methoxy groups -OCH3 is 1. The molecule has 4 rings (SSSR count). The molecule has 0 spiro atoms. The van der Waals surface area contributed by atoms with E-state index >= 15 is 0 Å². The normalized spacial score (nSPS) is 26.9. The van der Waals surface area contributed by atoms with E-state index in [0.717, 1.165) is 10.8 Å². The lowest BCUT2D eigenvalue weighted by atomic mass is 10.1.